The minimum Gasteiger partial charge on any atom is -0.493 e. The maximum absolute atomic E-state index is 12.6. The van der Waals surface area contributed by atoms with Gasteiger partial charge < -0.3 is 19.1 Å². The van der Waals surface area contributed by atoms with Crippen LogP contribution in [-0.2, 0) is 4.79 Å². The van der Waals surface area contributed by atoms with Crippen molar-refractivity contribution in [3.63, 3.8) is 0 Å². The van der Waals surface area contributed by atoms with Gasteiger partial charge in [0.2, 0.25) is 11.7 Å². The number of hydrogen-bond donors (Lipinski definition) is 0. The lowest BCUT2D eigenvalue weighted by Gasteiger charge is -2.35. The van der Waals surface area contributed by atoms with E-state index in [-0.39, 0.29) is 5.92 Å². The van der Waals surface area contributed by atoms with Crippen LogP contribution in [0.1, 0.15) is 26.2 Å². The summed E-state index contributed by atoms with van der Waals surface area (Å²) in [6.45, 7) is 6.12. The van der Waals surface area contributed by atoms with Crippen LogP contribution >= 0.6 is 0 Å². The molecule has 3 aliphatic rings. The van der Waals surface area contributed by atoms with Gasteiger partial charge in [-0.3, -0.25) is 9.69 Å². The highest BCUT2D eigenvalue weighted by molar-refractivity contribution is 5.80. The highest BCUT2D eigenvalue weighted by Crippen LogP contribution is 2.36. The van der Waals surface area contributed by atoms with Crippen molar-refractivity contribution in [3.05, 3.63) is 18.2 Å². The maximum atomic E-state index is 12.6. The zero-order chi connectivity index (χ0) is 18.5. The standard InChI is InChI=1S/C20H30N2O4/c1-4-10-22-16-9-8-15(20(22)23)13-21(14-16)11-12-26-19-17(24-2)6-5-7-18(19)25-3/h5-7,15-16H,4,8-14H2,1-3H3/t15-,16+/m0/s1. The average molecular weight is 362 g/mol. The summed E-state index contributed by atoms with van der Waals surface area (Å²) in [5.74, 6) is 2.46. The van der Waals surface area contributed by atoms with Crippen molar-refractivity contribution in [3.8, 4) is 17.2 Å². The van der Waals surface area contributed by atoms with Gasteiger partial charge in [0.05, 0.1) is 20.1 Å². The predicted octanol–water partition coefficient (Wildman–Crippen LogP) is 2.42. The van der Waals surface area contributed by atoms with E-state index < -0.39 is 0 Å². The molecule has 26 heavy (non-hydrogen) atoms. The molecule has 3 fully saturated rings. The fourth-order valence-corrected chi connectivity index (χ4v) is 4.08. The maximum Gasteiger partial charge on any atom is 0.227 e. The van der Waals surface area contributed by atoms with E-state index in [1.807, 2.05) is 18.2 Å². The lowest BCUT2D eigenvalue weighted by molar-refractivity contribution is -0.139. The number of ether oxygens (including phenoxy) is 3. The van der Waals surface area contributed by atoms with Gasteiger partial charge in [-0.1, -0.05) is 13.0 Å². The predicted molar refractivity (Wildman–Crippen MR) is 100.0 cm³/mol. The number of amides is 1. The van der Waals surface area contributed by atoms with Gasteiger partial charge in [0, 0.05) is 32.2 Å². The first-order valence-corrected chi connectivity index (χ1v) is 9.54. The average Bonchev–Trinajstić information content (AvgIpc) is 2.93. The summed E-state index contributed by atoms with van der Waals surface area (Å²) in [6, 6.07) is 5.96. The molecule has 0 N–H and O–H groups in total. The lowest BCUT2D eigenvalue weighted by atomic mass is 9.94. The largest absolute Gasteiger partial charge is 0.493 e. The van der Waals surface area contributed by atoms with Crippen LogP contribution in [0.3, 0.4) is 0 Å². The van der Waals surface area contributed by atoms with Crippen LogP contribution in [0.5, 0.6) is 17.2 Å². The van der Waals surface area contributed by atoms with E-state index in [0.717, 1.165) is 45.4 Å². The van der Waals surface area contributed by atoms with Gasteiger partial charge in [0.25, 0.3) is 0 Å². The van der Waals surface area contributed by atoms with Crippen LogP contribution in [0.15, 0.2) is 18.2 Å². The van der Waals surface area contributed by atoms with Crippen LogP contribution in [0, 0.1) is 5.92 Å². The van der Waals surface area contributed by atoms with E-state index in [2.05, 4.69) is 16.7 Å². The molecule has 2 bridgehead atoms. The molecule has 3 aliphatic heterocycles. The van der Waals surface area contributed by atoms with Crippen molar-refractivity contribution in [1.29, 1.82) is 0 Å². The molecule has 1 aromatic carbocycles. The van der Waals surface area contributed by atoms with E-state index in [9.17, 15) is 4.79 Å². The fraction of sp³-hybridized carbons (Fsp3) is 0.650. The molecular weight excluding hydrogens is 332 g/mol. The molecule has 144 valence electrons. The first-order chi connectivity index (χ1) is 12.7. The summed E-state index contributed by atoms with van der Waals surface area (Å²) in [6.07, 6.45) is 3.15. The van der Waals surface area contributed by atoms with Gasteiger partial charge >= 0.3 is 0 Å². The quantitative estimate of drug-likeness (QED) is 0.711. The highest BCUT2D eigenvalue weighted by Gasteiger charge is 2.39. The van der Waals surface area contributed by atoms with E-state index >= 15 is 0 Å². The summed E-state index contributed by atoms with van der Waals surface area (Å²) < 4.78 is 16.8. The number of fused-ring (bicyclic) bond motifs is 4. The lowest BCUT2D eigenvalue weighted by Crippen LogP contribution is -2.48. The van der Waals surface area contributed by atoms with E-state index in [4.69, 9.17) is 14.2 Å². The number of para-hydroxylation sites is 1. The second kappa shape index (κ2) is 8.62. The molecule has 6 nitrogen and oxygen atoms in total. The summed E-state index contributed by atoms with van der Waals surface area (Å²) in [5, 5.41) is 0. The second-order valence-corrected chi connectivity index (χ2v) is 7.06. The van der Waals surface area contributed by atoms with Crippen molar-refractivity contribution in [2.45, 2.75) is 32.2 Å². The molecule has 6 heteroatoms. The van der Waals surface area contributed by atoms with Crippen molar-refractivity contribution in [2.24, 2.45) is 5.92 Å². The van der Waals surface area contributed by atoms with Crippen molar-refractivity contribution in [1.82, 2.24) is 9.80 Å². The Balaban J connectivity index is 1.60. The Labute approximate surface area is 156 Å². The molecule has 3 saturated heterocycles. The number of piperidine rings is 1. The Bertz CT molecular complexity index is 600. The molecular formula is C20H30N2O4. The zero-order valence-corrected chi connectivity index (χ0v) is 16.1. The third kappa shape index (κ3) is 3.90. The van der Waals surface area contributed by atoms with Gasteiger partial charge in [0.1, 0.15) is 6.61 Å². The molecule has 0 spiro atoms. The summed E-state index contributed by atoms with van der Waals surface area (Å²) in [4.78, 5) is 17.1. The number of carbonyl (C=O) groups is 1. The Hall–Kier alpha value is -1.95. The fourth-order valence-electron chi connectivity index (χ4n) is 4.08. The molecule has 0 radical (unpaired) electrons. The summed E-state index contributed by atoms with van der Waals surface area (Å²) >= 11 is 0. The Morgan fingerprint density at radius 2 is 1.81 bits per heavy atom. The Kier molecular flexibility index (Phi) is 6.25. The third-order valence-electron chi connectivity index (χ3n) is 5.37. The van der Waals surface area contributed by atoms with Gasteiger partial charge in [0.15, 0.2) is 11.5 Å². The molecule has 0 unspecified atom stereocenters. The highest BCUT2D eigenvalue weighted by atomic mass is 16.5. The van der Waals surface area contributed by atoms with Crippen molar-refractivity contribution >= 4 is 5.91 Å². The van der Waals surface area contributed by atoms with E-state index in [0.29, 0.717) is 35.8 Å². The van der Waals surface area contributed by atoms with Crippen LogP contribution in [0.2, 0.25) is 0 Å². The molecule has 0 aromatic heterocycles. The SMILES string of the molecule is CCCN1C(=O)[C@H]2CC[C@@H]1CN(CCOc1c(OC)cccc1OC)C2. The molecule has 3 heterocycles. The topological polar surface area (TPSA) is 51.2 Å². The van der Waals surface area contributed by atoms with Gasteiger partial charge in [-0.05, 0) is 31.4 Å². The number of rotatable bonds is 8. The van der Waals surface area contributed by atoms with Crippen LogP contribution in [0.4, 0.5) is 0 Å². The zero-order valence-electron chi connectivity index (χ0n) is 16.1. The number of hydrogen-bond acceptors (Lipinski definition) is 5. The van der Waals surface area contributed by atoms with Gasteiger partial charge in [-0.15, -0.1) is 0 Å². The first-order valence-electron chi connectivity index (χ1n) is 9.54. The summed E-state index contributed by atoms with van der Waals surface area (Å²) in [7, 11) is 3.25. The minimum atomic E-state index is 0.140. The summed E-state index contributed by atoms with van der Waals surface area (Å²) in [5.41, 5.74) is 0. The van der Waals surface area contributed by atoms with Crippen LogP contribution in [-0.4, -0.2) is 68.8 Å². The second-order valence-electron chi connectivity index (χ2n) is 7.06. The van der Waals surface area contributed by atoms with Crippen LogP contribution < -0.4 is 14.2 Å². The number of benzene rings is 1. The van der Waals surface area contributed by atoms with Crippen LogP contribution in [0.25, 0.3) is 0 Å². The number of carbonyl (C=O) groups excluding carboxylic acids is 1. The Morgan fingerprint density at radius 1 is 1.08 bits per heavy atom. The van der Waals surface area contributed by atoms with Crippen molar-refractivity contribution in [2.75, 3.05) is 47.0 Å². The number of nitrogens with zero attached hydrogens (tertiary/aromatic N) is 2. The molecule has 4 rings (SSSR count). The number of methoxy groups -OCH3 is 2. The molecule has 1 aromatic rings. The van der Waals surface area contributed by atoms with E-state index in [1.165, 1.54) is 0 Å². The third-order valence-corrected chi connectivity index (χ3v) is 5.37. The monoisotopic (exact) mass is 362 g/mol. The van der Waals surface area contributed by atoms with Gasteiger partial charge in [-0.2, -0.15) is 0 Å². The molecule has 0 aliphatic carbocycles. The molecule has 0 saturated carbocycles. The Morgan fingerprint density at radius 3 is 2.46 bits per heavy atom. The molecule has 1 amide bonds. The smallest absolute Gasteiger partial charge is 0.227 e. The minimum absolute atomic E-state index is 0.140. The van der Waals surface area contributed by atoms with Gasteiger partial charge in [-0.25, -0.2) is 0 Å². The normalized spacial score (nSPS) is 23.0. The van der Waals surface area contributed by atoms with Crippen molar-refractivity contribution < 1.29 is 19.0 Å². The first kappa shape index (κ1) is 18.8. The molecule has 2 atom stereocenters. The van der Waals surface area contributed by atoms with E-state index in [1.54, 1.807) is 14.2 Å².